The maximum absolute atomic E-state index is 14.0. The molecule has 0 saturated carbocycles. The highest BCUT2D eigenvalue weighted by Crippen LogP contribution is 2.60. The lowest BCUT2D eigenvalue weighted by Crippen LogP contribution is -2.36. The van der Waals surface area contributed by atoms with Crippen molar-refractivity contribution in [2.24, 2.45) is 5.92 Å². The van der Waals surface area contributed by atoms with E-state index in [1.807, 2.05) is 6.92 Å². The van der Waals surface area contributed by atoms with Crippen molar-refractivity contribution in [1.82, 2.24) is 4.90 Å². The fraction of sp³-hybridized carbons (Fsp3) is 0.636. The van der Waals surface area contributed by atoms with Crippen molar-refractivity contribution in [3.05, 3.63) is 24.6 Å². The number of alkyl halides is 2. The Morgan fingerprint density at radius 2 is 2.00 bits per heavy atom. The number of rotatable bonds is 3. The molecule has 0 radical (unpaired) electrons. The Balaban J connectivity index is 3.11. The molecule has 1 atom stereocenters. The molecule has 1 rings (SSSR count). The molecule has 0 aliphatic carbocycles. The van der Waals surface area contributed by atoms with Crippen LogP contribution >= 0.6 is 7.14 Å². The van der Waals surface area contributed by atoms with Crippen LogP contribution in [0, 0.1) is 5.92 Å². The van der Waals surface area contributed by atoms with Gasteiger partial charge in [-0.2, -0.15) is 8.78 Å². The van der Waals surface area contributed by atoms with Crippen LogP contribution in [0.1, 0.15) is 19.8 Å². The lowest BCUT2D eigenvalue weighted by Gasteiger charge is -2.33. The fourth-order valence-electron chi connectivity index (χ4n) is 1.86. The van der Waals surface area contributed by atoms with E-state index in [1.54, 1.807) is 0 Å². The second-order valence-electron chi connectivity index (χ2n) is 4.56. The molecule has 5 heteroatoms. The second kappa shape index (κ2) is 3.99. The second-order valence-corrected chi connectivity index (χ2v) is 7.80. The van der Waals surface area contributed by atoms with Gasteiger partial charge < -0.3 is 4.57 Å². The Labute approximate surface area is 95.4 Å². The molecule has 0 bridgehead atoms. The molecular formula is C11H18F2NOP. The molecule has 1 heterocycles. The average molecular weight is 249 g/mol. The summed E-state index contributed by atoms with van der Waals surface area (Å²) >= 11 is 0. The van der Waals surface area contributed by atoms with Crippen LogP contribution in [-0.4, -0.2) is 24.0 Å². The van der Waals surface area contributed by atoms with E-state index in [1.165, 1.54) is 0 Å². The third-order valence-electron chi connectivity index (χ3n) is 2.97. The summed E-state index contributed by atoms with van der Waals surface area (Å²) in [5.74, 6) is -3.38. The normalized spacial score (nSPS) is 23.1. The van der Waals surface area contributed by atoms with E-state index in [0.717, 1.165) is 24.7 Å². The molecule has 0 aromatic rings. The van der Waals surface area contributed by atoms with Crippen LogP contribution in [0.2, 0.25) is 0 Å². The largest absolute Gasteiger partial charge is 0.379 e. The molecule has 1 unspecified atom stereocenters. The van der Waals surface area contributed by atoms with Crippen LogP contribution in [0.4, 0.5) is 8.78 Å². The van der Waals surface area contributed by atoms with Crippen LogP contribution in [-0.2, 0) is 4.57 Å². The summed E-state index contributed by atoms with van der Waals surface area (Å²) in [4.78, 5) is 0.780. The van der Waals surface area contributed by atoms with E-state index < -0.39 is 12.9 Å². The van der Waals surface area contributed by atoms with Gasteiger partial charge in [0, 0.05) is 17.3 Å². The van der Waals surface area contributed by atoms with Crippen molar-refractivity contribution < 1.29 is 13.3 Å². The van der Waals surface area contributed by atoms with Gasteiger partial charge in [0.2, 0.25) is 0 Å². The van der Waals surface area contributed by atoms with Gasteiger partial charge >= 0.3 is 5.79 Å². The van der Waals surface area contributed by atoms with E-state index >= 15 is 0 Å². The van der Waals surface area contributed by atoms with E-state index in [-0.39, 0.29) is 5.92 Å². The Hall–Kier alpha value is -0.630. The third-order valence-corrected chi connectivity index (χ3v) is 4.46. The smallest absolute Gasteiger partial charge is 0.316 e. The highest BCUT2D eigenvalue weighted by atomic mass is 31.2. The van der Waals surface area contributed by atoms with Gasteiger partial charge in [0.05, 0.1) is 0 Å². The fourth-order valence-corrected chi connectivity index (χ4v) is 2.61. The molecule has 2 nitrogen and oxygen atoms in total. The standard InChI is InChI=1S/C11H18F2NOP/c1-6-10-7-8(2)14(9(10)3)11(12,13)16(4,5)15/h10H,2-3,6-7H2,1,4-5H3. The quantitative estimate of drug-likeness (QED) is 0.558. The monoisotopic (exact) mass is 249 g/mol. The number of allylic oxidation sites excluding steroid dienone is 2. The first-order valence-corrected chi connectivity index (χ1v) is 7.82. The Morgan fingerprint density at radius 3 is 2.31 bits per heavy atom. The Kier molecular flexibility index (Phi) is 3.35. The molecule has 92 valence electrons. The van der Waals surface area contributed by atoms with Crippen molar-refractivity contribution >= 4 is 7.14 Å². The summed E-state index contributed by atoms with van der Waals surface area (Å²) in [6.45, 7) is 11.4. The zero-order valence-corrected chi connectivity index (χ0v) is 10.9. The minimum Gasteiger partial charge on any atom is -0.316 e. The highest BCUT2D eigenvalue weighted by molar-refractivity contribution is 7.63. The van der Waals surface area contributed by atoms with Gasteiger partial charge in [0.1, 0.15) is 0 Å². The maximum atomic E-state index is 14.0. The highest BCUT2D eigenvalue weighted by Gasteiger charge is 2.53. The van der Waals surface area contributed by atoms with Crippen LogP contribution in [0.25, 0.3) is 0 Å². The zero-order valence-electron chi connectivity index (χ0n) is 9.96. The first-order valence-electron chi connectivity index (χ1n) is 5.22. The Morgan fingerprint density at radius 1 is 1.50 bits per heavy atom. The molecule has 0 amide bonds. The van der Waals surface area contributed by atoms with Gasteiger partial charge in [0.25, 0.3) is 0 Å². The van der Waals surface area contributed by atoms with Gasteiger partial charge in [-0.3, -0.25) is 4.90 Å². The maximum Gasteiger partial charge on any atom is 0.379 e. The predicted octanol–water partition coefficient (Wildman–Crippen LogP) is 3.92. The van der Waals surface area contributed by atoms with Crippen molar-refractivity contribution in [1.29, 1.82) is 0 Å². The van der Waals surface area contributed by atoms with Crippen molar-refractivity contribution in [3.63, 3.8) is 0 Å². The van der Waals surface area contributed by atoms with Gasteiger partial charge in [-0.25, -0.2) is 0 Å². The first kappa shape index (κ1) is 13.4. The number of halogens is 2. The van der Waals surface area contributed by atoms with Gasteiger partial charge in [0.15, 0.2) is 7.14 Å². The Bertz CT molecular complexity index is 372. The zero-order chi connectivity index (χ0) is 12.7. The molecule has 1 saturated heterocycles. The summed E-state index contributed by atoms with van der Waals surface area (Å²) in [7, 11) is -3.56. The summed E-state index contributed by atoms with van der Waals surface area (Å²) in [5.41, 5.74) is 0.646. The number of nitrogens with zero attached hydrogens (tertiary/aromatic N) is 1. The van der Waals surface area contributed by atoms with Crippen LogP contribution in [0.3, 0.4) is 0 Å². The molecule has 16 heavy (non-hydrogen) atoms. The average Bonchev–Trinajstić information content (AvgIpc) is 2.39. The molecule has 0 aromatic carbocycles. The molecule has 1 aliphatic rings. The molecule has 0 N–H and O–H groups in total. The van der Waals surface area contributed by atoms with E-state index in [0.29, 0.717) is 17.8 Å². The molecule has 0 spiro atoms. The molecule has 1 aliphatic heterocycles. The van der Waals surface area contributed by atoms with Gasteiger partial charge in [-0.1, -0.05) is 20.1 Å². The number of hydrogen-bond acceptors (Lipinski definition) is 2. The van der Waals surface area contributed by atoms with Crippen LogP contribution in [0.5, 0.6) is 0 Å². The minimum absolute atomic E-state index is 0.00933. The topological polar surface area (TPSA) is 20.3 Å². The summed E-state index contributed by atoms with van der Waals surface area (Å²) in [6, 6.07) is 0. The van der Waals surface area contributed by atoms with Gasteiger partial charge in [-0.15, -0.1) is 0 Å². The van der Waals surface area contributed by atoms with E-state index in [4.69, 9.17) is 0 Å². The third kappa shape index (κ3) is 1.95. The number of likely N-dealkylation sites (tertiary alicyclic amines) is 1. The molecule has 0 aromatic heterocycles. The summed E-state index contributed by atoms with van der Waals surface area (Å²) < 4.78 is 39.6. The lowest BCUT2D eigenvalue weighted by atomic mass is 10.0. The molecule has 1 fully saturated rings. The minimum atomic E-state index is -3.56. The van der Waals surface area contributed by atoms with E-state index in [2.05, 4.69) is 13.2 Å². The van der Waals surface area contributed by atoms with Crippen LogP contribution < -0.4 is 0 Å². The van der Waals surface area contributed by atoms with Crippen molar-refractivity contribution in [2.75, 3.05) is 13.3 Å². The summed E-state index contributed by atoms with van der Waals surface area (Å²) in [6.07, 6.45) is 1.22. The lowest BCUT2D eigenvalue weighted by molar-refractivity contribution is -0.0275. The first-order chi connectivity index (χ1) is 7.13. The molecular weight excluding hydrogens is 231 g/mol. The number of hydrogen-bond donors (Lipinski definition) is 0. The van der Waals surface area contributed by atoms with E-state index in [9.17, 15) is 13.3 Å². The SMILES string of the molecule is C=C1CC(CC)C(=C)N1C(F)(F)P(C)(C)=O. The van der Waals surface area contributed by atoms with Crippen molar-refractivity contribution in [3.8, 4) is 0 Å². The van der Waals surface area contributed by atoms with Crippen LogP contribution in [0.15, 0.2) is 24.6 Å². The van der Waals surface area contributed by atoms with Gasteiger partial charge in [-0.05, 0) is 26.2 Å². The predicted molar refractivity (Wildman–Crippen MR) is 62.9 cm³/mol. The summed E-state index contributed by atoms with van der Waals surface area (Å²) in [5, 5.41) is 0. The van der Waals surface area contributed by atoms with Crippen molar-refractivity contribution in [2.45, 2.75) is 25.6 Å².